The highest BCUT2D eigenvalue weighted by Crippen LogP contribution is 2.31. The van der Waals surface area contributed by atoms with Crippen LogP contribution in [0.1, 0.15) is 31.9 Å². The van der Waals surface area contributed by atoms with Gasteiger partial charge in [0.15, 0.2) is 0 Å². The molecule has 2 heterocycles. The number of fused-ring (bicyclic) bond motifs is 1. The predicted molar refractivity (Wildman–Crippen MR) is 83.7 cm³/mol. The molecule has 0 aliphatic carbocycles. The van der Waals surface area contributed by atoms with Crippen molar-refractivity contribution in [2.45, 2.75) is 38.5 Å². The lowest BCUT2D eigenvalue weighted by Crippen LogP contribution is -2.49. The first-order chi connectivity index (χ1) is 10.2. The molecule has 4 heteroatoms. The van der Waals surface area contributed by atoms with Crippen molar-refractivity contribution in [1.29, 1.82) is 0 Å². The second-order valence-electron chi connectivity index (χ2n) is 6.22. The summed E-state index contributed by atoms with van der Waals surface area (Å²) >= 11 is 0. The van der Waals surface area contributed by atoms with E-state index in [1.54, 1.807) is 0 Å². The van der Waals surface area contributed by atoms with Gasteiger partial charge in [0, 0.05) is 43.7 Å². The van der Waals surface area contributed by atoms with Gasteiger partial charge in [0.2, 0.25) is 0 Å². The Labute approximate surface area is 127 Å². The highest BCUT2D eigenvalue weighted by atomic mass is 16.5. The molecule has 0 spiro atoms. The Morgan fingerprint density at radius 3 is 3.00 bits per heavy atom. The monoisotopic (exact) mass is 290 g/mol. The van der Waals surface area contributed by atoms with Gasteiger partial charge >= 0.3 is 0 Å². The lowest BCUT2D eigenvalue weighted by molar-refractivity contribution is -0.0385. The summed E-state index contributed by atoms with van der Waals surface area (Å²) in [4.78, 5) is 2.49. The van der Waals surface area contributed by atoms with Gasteiger partial charge in [0.25, 0.3) is 0 Å². The second-order valence-corrected chi connectivity index (χ2v) is 6.22. The number of hydrogen-bond acceptors (Lipinski definition) is 4. The molecule has 2 aliphatic heterocycles. The summed E-state index contributed by atoms with van der Waals surface area (Å²) in [7, 11) is 0. The highest BCUT2D eigenvalue weighted by Gasteiger charge is 2.25. The molecule has 1 fully saturated rings. The maximum atomic E-state index is 5.90. The van der Waals surface area contributed by atoms with E-state index in [1.165, 1.54) is 5.56 Å². The van der Waals surface area contributed by atoms with Crippen LogP contribution in [0.5, 0.6) is 5.75 Å². The van der Waals surface area contributed by atoms with E-state index in [0.29, 0.717) is 12.1 Å². The molecule has 1 N–H and O–H groups in total. The largest absolute Gasteiger partial charge is 0.493 e. The number of ether oxygens (including phenoxy) is 2. The van der Waals surface area contributed by atoms with Crippen molar-refractivity contribution in [2.24, 2.45) is 0 Å². The van der Waals surface area contributed by atoms with Gasteiger partial charge in [0.05, 0.1) is 19.3 Å². The van der Waals surface area contributed by atoms with Crippen LogP contribution in [0.3, 0.4) is 0 Å². The van der Waals surface area contributed by atoms with Crippen molar-refractivity contribution in [3.05, 3.63) is 29.8 Å². The lowest BCUT2D eigenvalue weighted by atomic mass is 10.0. The van der Waals surface area contributed by atoms with E-state index < -0.39 is 0 Å². The molecule has 1 aromatic carbocycles. The van der Waals surface area contributed by atoms with Gasteiger partial charge in [-0.2, -0.15) is 0 Å². The second kappa shape index (κ2) is 6.77. The Morgan fingerprint density at radius 2 is 2.14 bits per heavy atom. The Morgan fingerprint density at radius 1 is 1.29 bits per heavy atom. The summed E-state index contributed by atoms with van der Waals surface area (Å²) in [5, 5.41) is 3.68. The van der Waals surface area contributed by atoms with Crippen LogP contribution >= 0.6 is 0 Å². The van der Waals surface area contributed by atoms with Crippen LogP contribution in [-0.2, 0) is 4.74 Å². The summed E-state index contributed by atoms with van der Waals surface area (Å²) in [6, 6.07) is 9.31. The van der Waals surface area contributed by atoms with Crippen LogP contribution in [0.25, 0.3) is 0 Å². The first-order valence-electron chi connectivity index (χ1n) is 8.05. The van der Waals surface area contributed by atoms with E-state index in [9.17, 15) is 0 Å². The molecule has 0 saturated carbocycles. The molecular formula is C17H26N2O2. The molecule has 21 heavy (non-hydrogen) atoms. The average molecular weight is 290 g/mol. The van der Waals surface area contributed by atoms with Crippen molar-refractivity contribution in [1.82, 2.24) is 10.2 Å². The van der Waals surface area contributed by atoms with Gasteiger partial charge in [-0.1, -0.05) is 18.2 Å². The van der Waals surface area contributed by atoms with Gasteiger partial charge in [-0.15, -0.1) is 0 Å². The quantitative estimate of drug-likeness (QED) is 0.922. The van der Waals surface area contributed by atoms with Crippen molar-refractivity contribution in [2.75, 3.05) is 32.8 Å². The summed E-state index contributed by atoms with van der Waals surface area (Å²) in [6.45, 7) is 9.12. The van der Waals surface area contributed by atoms with Crippen LogP contribution in [-0.4, -0.2) is 49.9 Å². The van der Waals surface area contributed by atoms with Crippen LogP contribution in [0.4, 0.5) is 0 Å². The van der Waals surface area contributed by atoms with Gasteiger partial charge in [-0.3, -0.25) is 4.90 Å². The zero-order valence-electron chi connectivity index (χ0n) is 13.0. The third kappa shape index (κ3) is 3.57. The third-order valence-electron chi connectivity index (χ3n) is 4.45. The van der Waals surface area contributed by atoms with Gasteiger partial charge in [-0.25, -0.2) is 0 Å². The maximum absolute atomic E-state index is 5.90. The smallest absolute Gasteiger partial charge is 0.124 e. The van der Waals surface area contributed by atoms with Gasteiger partial charge in [-0.05, 0) is 19.9 Å². The normalized spacial score (nSPS) is 26.4. The van der Waals surface area contributed by atoms with Crippen LogP contribution < -0.4 is 10.1 Å². The minimum Gasteiger partial charge on any atom is -0.493 e. The molecule has 1 aromatic rings. The molecule has 4 nitrogen and oxygen atoms in total. The number of nitrogens with zero attached hydrogens (tertiary/aromatic N) is 1. The number of morpholine rings is 1. The molecule has 116 valence electrons. The molecule has 3 rings (SSSR count). The molecule has 0 aromatic heterocycles. The number of para-hydroxylation sites is 1. The fourth-order valence-electron chi connectivity index (χ4n) is 3.16. The Kier molecular flexibility index (Phi) is 4.78. The molecule has 0 amide bonds. The lowest BCUT2D eigenvalue weighted by Gasteiger charge is -2.36. The highest BCUT2D eigenvalue weighted by molar-refractivity contribution is 5.37. The minimum absolute atomic E-state index is 0.288. The van der Waals surface area contributed by atoms with Crippen LogP contribution in [0, 0.1) is 0 Å². The fraction of sp³-hybridized carbons (Fsp3) is 0.647. The van der Waals surface area contributed by atoms with Crippen molar-refractivity contribution in [3.8, 4) is 5.75 Å². The molecular weight excluding hydrogens is 264 g/mol. The fourth-order valence-corrected chi connectivity index (χ4v) is 3.16. The summed E-state index contributed by atoms with van der Waals surface area (Å²) in [6.07, 6.45) is 1.31. The third-order valence-corrected chi connectivity index (χ3v) is 4.45. The van der Waals surface area contributed by atoms with E-state index in [0.717, 1.165) is 45.0 Å². The Hall–Kier alpha value is -1.10. The zero-order chi connectivity index (χ0) is 14.7. The Balaban J connectivity index is 1.56. The SMILES string of the molecule is CC(C)N1CCOC(CNC2CCOc3ccccc32)C1. The van der Waals surface area contributed by atoms with E-state index in [2.05, 4.69) is 42.3 Å². The Bertz CT molecular complexity index is 464. The standard InChI is InChI=1S/C17H26N2O2/c1-13(2)19-8-10-20-14(12-19)11-18-16-7-9-21-17-6-4-3-5-15(16)17/h3-6,13-14,16,18H,7-12H2,1-2H3. The van der Waals surface area contributed by atoms with E-state index in [-0.39, 0.29) is 6.10 Å². The van der Waals surface area contributed by atoms with E-state index in [4.69, 9.17) is 9.47 Å². The molecule has 2 aliphatic rings. The number of hydrogen-bond donors (Lipinski definition) is 1. The summed E-state index contributed by atoms with van der Waals surface area (Å²) in [5.74, 6) is 1.02. The molecule has 1 saturated heterocycles. The minimum atomic E-state index is 0.288. The van der Waals surface area contributed by atoms with Crippen molar-refractivity contribution >= 4 is 0 Å². The molecule has 0 radical (unpaired) electrons. The topological polar surface area (TPSA) is 33.7 Å². The summed E-state index contributed by atoms with van der Waals surface area (Å²) < 4.78 is 11.6. The predicted octanol–water partition coefficient (Wildman–Crippen LogP) is 2.21. The first-order valence-corrected chi connectivity index (χ1v) is 8.05. The first kappa shape index (κ1) is 14.8. The maximum Gasteiger partial charge on any atom is 0.124 e. The van der Waals surface area contributed by atoms with E-state index >= 15 is 0 Å². The number of rotatable bonds is 4. The average Bonchev–Trinajstić information content (AvgIpc) is 2.53. The molecule has 2 unspecified atom stereocenters. The van der Waals surface area contributed by atoms with Gasteiger partial charge < -0.3 is 14.8 Å². The van der Waals surface area contributed by atoms with Crippen LogP contribution in [0.2, 0.25) is 0 Å². The van der Waals surface area contributed by atoms with Crippen LogP contribution in [0.15, 0.2) is 24.3 Å². The molecule has 2 atom stereocenters. The van der Waals surface area contributed by atoms with E-state index in [1.807, 2.05) is 6.07 Å². The summed E-state index contributed by atoms with van der Waals surface area (Å²) in [5.41, 5.74) is 1.28. The van der Waals surface area contributed by atoms with Gasteiger partial charge in [0.1, 0.15) is 5.75 Å². The number of benzene rings is 1. The van der Waals surface area contributed by atoms with Crippen molar-refractivity contribution in [3.63, 3.8) is 0 Å². The number of nitrogens with one attached hydrogen (secondary N) is 1. The molecule has 0 bridgehead atoms. The zero-order valence-corrected chi connectivity index (χ0v) is 13.0. The van der Waals surface area contributed by atoms with Crippen molar-refractivity contribution < 1.29 is 9.47 Å².